The Labute approximate surface area is 140 Å². The molecule has 0 atom stereocenters. The molecule has 0 saturated heterocycles. The Morgan fingerprint density at radius 2 is 1.62 bits per heavy atom. The summed E-state index contributed by atoms with van der Waals surface area (Å²) in [4.78, 5) is 27.1. The number of esters is 1. The van der Waals surface area contributed by atoms with Gasteiger partial charge >= 0.3 is 12.1 Å². The number of aromatic nitrogens is 1. The maximum atomic E-state index is 11.6. The minimum atomic E-state index is -0.519. The quantitative estimate of drug-likeness (QED) is 0.788. The minimum Gasteiger partial charge on any atom is -0.462 e. The third kappa shape index (κ3) is 4.98. The van der Waals surface area contributed by atoms with Crippen molar-refractivity contribution in [2.24, 2.45) is 0 Å². The molecule has 1 heterocycles. The van der Waals surface area contributed by atoms with Gasteiger partial charge in [0.15, 0.2) is 0 Å². The highest BCUT2D eigenvalue weighted by Crippen LogP contribution is 2.17. The van der Waals surface area contributed by atoms with E-state index in [9.17, 15) is 9.59 Å². The molecule has 0 radical (unpaired) electrons. The van der Waals surface area contributed by atoms with Gasteiger partial charge in [-0.3, -0.25) is 5.32 Å². The number of nitrogens with zero attached hydrogens (tertiary/aromatic N) is 1. The van der Waals surface area contributed by atoms with E-state index in [0.717, 1.165) is 5.69 Å². The highest BCUT2D eigenvalue weighted by molar-refractivity contribution is 5.90. The van der Waals surface area contributed by atoms with Crippen LogP contribution >= 0.6 is 0 Å². The van der Waals surface area contributed by atoms with Crippen molar-refractivity contribution < 1.29 is 19.1 Å². The molecule has 7 nitrogen and oxygen atoms in total. The summed E-state index contributed by atoms with van der Waals surface area (Å²) >= 11 is 0. The van der Waals surface area contributed by atoms with Gasteiger partial charge in [-0.15, -0.1) is 0 Å². The van der Waals surface area contributed by atoms with Crippen LogP contribution in [0.3, 0.4) is 0 Å². The first-order chi connectivity index (χ1) is 11.6. The second-order valence-corrected chi connectivity index (χ2v) is 4.70. The molecule has 2 aromatic rings. The molecular formula is C17H19N3O4. The van der Waals surface area contributed by atoms with Crippen LogP contribution < -0.4 is 10.6 Å². The van der Waals surface area contributed by atoms with Gasteiger partial charge in [0, 0.05) is 5.69 Å². The lowest BCUT2D eigenvalue weighted by Gasteiger charge is -2.08. The number of hydrogen-bond acceptors (Lipinski definition) is 6. The van der Waals surface area contributed by atoms with E-state index in [4.69, 9.17) is 9.47 Å². The van der Waals surface area contributed by atoms with Crippen LogP contribution in [0, 0.1) is 0 Å². The summed E-state index contributed by atoms with van der Waals surface area (Å²) in [5.74, 6) is 0.255. The number of hydrogen-bond donors (Lipinski definition) is 2. The number of rotatable bonds is 6. The summed E-state index contributed by atoms with van der Waals surface area (Å²) in [6.45, 7) is 4.15. The third-order valence-electron chi connectivity index (χ3n) is 2.95. The number of carbonyl (C=O) groups is 2. The number of nitrogens with one attached hydrogen (secondary N) is 2. The lowest BCUT2D eigenvalue weighted by Crippen LogP contribution is -2.13. The lowest BCUT2D eigenvalue weighted by molar-refractivity contribution is 0.0526. The number of anilines is 3. The van der Waals surface area contributed by atoms with Gasteiger partial charge in [-0.05, 0) is 50.2 Å². The van der Waals surface area contributed by atoms with E-state index in [2.05, 4.69) is 15.6 Å². The van der Waals surface area contributed by atoms with Crippen LogP contribution in [0.1, 0.15) is 24.2 Å². The second kappa shape index (κ2) is 8.52. The van der Waals surface area contributed by atoms with Crippen molar-refractivity contribution in [2.75, 3.05) is 23.8 Å². The number of pyridine rings is 1. The minimum absolute atomic E-state index is 0.306. The Balaban J connectivity index is 1.96. The molecule has 0 aliphatic heterocycles. The van der Waals surface area contributed by atoms with Crippen molar-refractivity contribution in [1.29, 1.82) is 0 Å². The monoisotopic (exact) mass is 329 g/mol. The zero-order valence-corrected chi connectivity index (χ0v) is 13.5. The molecule has 7 heteroatoms. The first-order valence-electron chi connectivity index (χ1n) is 7.56. The molecule has 0 aliphatic carbocycles. The average Bonchev–Trinajstić information content (AvgIpc) is 2.58. The third-order valence-corrected chi connectivity index (χ3v) is 2.95. The number of benzene rings is 1. The summed E-state index contributed by atoms with van der Waals surface area (Å²) < 4.78 is 9.72. The predicted molar refractivity (Wildman–Crippen MR) is 90.6 cm³/mol. The van der Waals surface area contributed by atoms with Gasteiger partial charge in [0.1, 0.15) is 5.82 Å². The average molecular weight is 329 g/mol. The normalized spacial score (nSPS) is 9.92. The van der Waals surface area contributed by atoms with Crippen LogP contribution in [0.25, 0.3) is 0 Å². The summed E-state index contributed by atoms with van der Waals surface area (Å²) in [5.41, 5.74) is 1.81. The van der Waals surface area contributed by atoms with Crippen molar-refractivity contribution in [3.05, 3.63) is 48.2 Å². The highest BCUT2D eigenvalue weighted by Gasteiger charge is 2.06. The Kier molecular flexibility index (Phi) is 6.13. The van der Waals surface area contributed by atoms with Crippen molar-refractivity contribution >= 4 is 29.3 Å². The Morgan fingerprint density at radius 1 is 0.958 bits per heavy atom. The first-order valence-corrected chi connectivity index (χ1v) is 7.56. The van der Waals surface area contributed by atoms with Crippen LogP contribution in [0.4, 0.5) is 22.0 Å². The topological polar surface area (TPSA) is 89.6 Å². The molecule has 2 rings (SSSR count). The Bertz CT molecular complexity index is 684. The SMILES string of the molecule is CCOC(=O)Nc1ccc(Nc2ccc(C(=O)OCC)cc2)nc1. The van der Waals surface area contributed by atoms with Crippen molar-refractivity contribution in [3.63, 3.8) is 0 Å². The molecule has 0 fully saturated rings. The molecule has 0 aliphatic rings. The van der Waals surface area contributed by atoms with E-state index in [1.165, 1.54) is 6.20 Å². The molecule has 1 amide bonds. The van der Waals surface area contributed by atoms with Crippen LogP contribution in [-0.2, 0) is 9.47 Å². The molecule has 2 N–H and O–H groups in total. The van der Waals surface area contributed by atoms with Crippen molar-refractivity contribution in [3.8, 4) is 0 Å². The van der Waals surface area contributed by atoms with Gasteiger partial charge in [-0.25, -0.2) is 14.6 Å². The molecule has 1 aromatic heterocycles. The van der Waals surface area contributed by atoms with E-state index in [0.29, 0.717) is 30.3 Å². The zero-order valence-electron chi connectivity index (χ0n) is 13.5. The summed E-state index contributed by atoms with van der Waals surface area (Å²) in [6.07, 6.45) is 1.00. The van der Waals surface area contributed by atoms with Crippen LogP contribution in [0.2, 0.25) is 0 Å². The number of ether oxygens (including phenoxy) is 2. The van der Waals surface area contributed by atoms with Crippen molar-refractivity contribution in [1.82, 2.24) is 4.98 Å². The van der Waals surface area contributed by atoms with Crippen LogP contribution in [0.15, 0.2) is 42.6 Å². The van der Waals surface area contributed by atoms with E-state index in [1.54, 1.807) is 50.2 Å². The second-order valence-electron chi connectivity index (χ2n) is 4.70. The number of amides is 1. The maximum Gasteiger partial charge on any atom is 0.411 e. The highest BCUT2D eigenvalue weighted by atomic mass is 16.5. The molecule has 0 bridgehead atoms. The molecule has 0 unspecified atom stereocenters. The fourth-order valence-electron chi connectivity index (χ4n) is 1.88. The molecule has 0 spiro atoms. The van der Waals surface area contributed by atoms with Gasteiger partial charge in [0.2, 0.25) is 0 Å². The molecule has 0 saturated carbocycles. The fourth-order valence-corrected chi connectivity index (χ4v) is 1.88. The van der Waals surface area contributed by atoms with Gasteiger partial charge in [-0.1, -0.05) is 0 Å². The van der Waals surface area contributed by atoms with Gasteiger partial charge in [0.05, 0.1) is 30.7 Å². The molecular weight excluding hydrogens is 310 g/mol. The molecule has 126 valence electrons. The molecule has 1 aromatic carbocycles. The predicted octanol–water partition coefficient (Wildman–Crippen LogP) is 3.57. The lowest BCUT2D eigenvalue weighted by atomic mass is 10.2. The van der Waals surface area contributed by atoms with E-state index < -0.39 is 6.09 Å². The largest absolute Gasteiger partial charge is 0.462 e. The summed E-state index contributed by atoms with van der Waals surface area (Å²) in [6, 6.07) is 10.3. The Morgan fingerprint density at radius 3 is 2.21 bits per heavy atom. The maximum absolute atomic E-state index is 11.6. The van der Waals surface area contributed by atoms with Crippen LogP contribution in [0.5, 0.6) is 0 Å². The smallest absolute Gasteiger partial charge is 0.411 e. The summed E-state index contributed by atoms with van der Waals surface area (Å²) in [5, 5.41) is 5.66. The van der Waals surface area contributed by atoms with Gasteiger partial charge in [-0.2, -0.15) is 0 Å². The fraction of sp³-hybridized carbons (Fsp3) is 0.235. The molecule has 24 heavy (non-hydrogen) atoms. The summed E-state index contributed by atoms with van der Waals surface area (Å²) in [7, 11) is 0. The number of carbonyl (C=O) groups excluding carboxylic acids is 2. The van der Waals surface area contributed by atoms with Gasteiger partial charge in [0.25, 0.3) is 0 Å². The van der Waals surface area contributed by atoms with Crippen LogP contribution in [-0.4, -0.2) is 30.3 Å². The zero-order chi connectivity index (χ0) is 17.4. The van der Waals surface area contributed by atoms with E-state index >= 15 is 0 Å². The standard InChI is InChI=1S/C17H19N3O4/c1-3-23-16(21)12-5-7-13(8-6-12)19-15-10-9-14(11-18-15)20-17(22)24-4-2/h5-11H,3-4H2,1-2H3,(H,18,19)(H,20,22). The first kappa shape index (κ1) is 17.3. The van der Waals surface area contributed by atoms with Crippen molar-refractivity contribution in [2.45, 2.75) is 13.8 Å². The van der Waals surface area contributed by atoms with Gasteiger partial charge < -0.3 is 14.8 Å². The van der Waals surface area contributed by atoms with E-state index in [1.807, 2.05) is 0 Å². The Hall–Kier alpha value is -3.09. The van der Waals surface area contributed by atoms with E-state index in [-0.39, 0.29) is 5.97 Å².